The Morgan fingerprint density at radius 2 is 1.67 bits per heavy atom. The van der Waals surface area contributed by atoms with E-state index in [0.717, 1.165) is 11.6 Å². The quantitative estimate of drug-likeness (QED) is 0.675. The van der Waals surface area contributed by atoms with Crippen LogP contribution in [-0.2, 0) is 9.84 Å². The molecular weight excluding hydrogens is 389 g/mol. The number of aryl methyl sites for hydroxylation is 1. The van der Waals surface area contributed by atoms with Gasteiger partial charge in [-0.3, -0.25) is 4.79 Å². The fourth-order valence-corrected chi connectivity index (χ4v) is 4.13. The van der Waals surface area contributed by atoms with Crippen molar-refractivity contribution < 1.29 is 17.6 Å². The molecule has 3 aromatic rings. The number of rotatable bonds is 4. The zero-order valence-electron chi connectivity index (χ0n) is 14.2. The number of carbonyl (C=O) groups is 1. The average Bonchev–Trinajstić information content (AvgIpc) is 2.64. The molecule has 0 unspecified atom stereocenters. The van der Waals surface area contributed by atoms with Gasteiger partial charge >= 0.3 is 0 Å². The van der Waals surface area contributed by atoms with E-state index in [4.69, 9.17) is 11.6 Å². The van der Waals surface area contributed by atoms with Crippen molar-refractivity contribution in [3.8, 4) is 0 Å². The van der Waals surface area contributed by atoms with Crippen LogP contribution in [0.4, 0.5) is 10.1 Å². The highest BCUT2D eigenvalue weighted by atomic mass is 35.5. The molecule has 0 aliphatic rings. The molecule has 138 valence electrons. The van der Waals surface area contributed by atoms with Crippen molar-refractivity contribution in [2.45, 2.75) is 16.7 Å². The molecule has 0 fully saturated rings. The number of nitrogens with one attached hydrogen (secondary N) is 1. The van der Waals surface area contributed by atoms with Gasteiger partial charge in [0.2, 0.25) is 9.84 Å². The van der Waals surface area contributed by atoms with Crippen molar-refractivity contribution in [1.29, 1.82) is 0 Å². The maximum Gasteiger partial charge on any atom is 0.257 e. The van der Waals surface area contributed by atoms with E-state index < -0.39 is 21.6 Å². The van der Waals surface area contributed by atoms with Gasteiger partial charge in [0, 0.05) is 5.02 Å². The van der Waals surface area contributed by atoms with Crippen molar-refractivity contribution in [1.82, 2.24) is 0 Å². The van der Waals surface area contributed by atoms with Crippen LogP contribution in [-0.4, -0.2) is 14.3 Å². The lowest BCUT2D eigenvalue weighted by Crippen LogP contribution is -2.17. The van der Waals surface area contributed by atoms with Crippen LogP contribution in [0, 0.1) is 12.7 Å². The number of hydrogen-bond donors (Lipinski definition) is 1. The molecular formula is C20H15ClFNO3S. The lowest BCUT2D eigenvalue weighted by molar-refractivity contribution is 0.102. The normalized spacial score (nSPS) is 11.2. The zero-order chi connectivity index (χ0) is 19.6. The highest BCUT2D eigenvalue weighted by molar-refractivity contribution is 7.91. The minimum Gasteiger partial charge on any atom is -0.319 e. The first-order chi connectivity index (χ1) is 12.8. The third-order valence-electron chi connectivity index (χ3n) is 3.93. The fraction of sp³-hybridized carbons (Fsp3) is 0.0500. The molecule has 0 heterocycles. The van der Waals surface area contributed by atoms with Crippen LogP contribution in [0.25, 0.3) is 0 Å². The summed E-state index contributed by atoms with van der Waals surface area (Å²) in [7, 11) is -3.92. The van der Waals surface area contributed by atoms with Gasteiger partial charge in [0.05, 0.1) is 21.0 Å². The molecule has 4 nitrogen and oxygen atoms in total. The van der Waals surface area contributed by atoms with Crippen LogP contribution in [0.3, 0.4) is 0 Å². The summed E-state index contributed by atoms with van der Waals surface area (Å²) in [6, 6.07) is 15.9. The van der Waals surface area contributed by atoms with E-state index in [2.05, 4.69) is 5.32 Å². The van der Waals surface area contributed by atoms with Gasteiger partial charge in [0.1, 0.15) is 5.82 Å². The van der Waals surface area contributed by atoms with Gasteiger partial charge in [0.15, 0.2) is 0 Å². The number of sulfone groups is 1. The molecule has 7 heteroatoms. The van der Waals surface area contributed by atoms with E-state index >= 15 is 0 Å². The van der Waals surface area contributed by atoms with E-state index in [1.165, 1.54) is 42.5 Å². The maximum absolute atomic E-state index is 13.9. The molecule has 3 rings (SSSR count). The Labute approximate surface area is 161 Å². The monoisotopic (exact) mass is 403 g/mol. The van der Waals surface area contributed by atoms with Gasteiger partial charge in [-0.05, 0) is 49.4 Å². The summed E-state index contributed by atoms with van der Waals surface area (Å²) >= 11 is 5.70. The van der Waals surface area contributed by atoms with E-state index in [-0.39, 0.29) is 26.1 Å². The summed E-state index contributed by atoms with van der Waals surface area (Å²) in [6.45, 7) is 1.85. The fourth-order valence-electron chi connectivity index (χ4n) is 2.51. The summed E-state index contributed by atoms with van der Waals surface area (Å²) in [5.74, 6) is -1.45. The highest BCUT2D eigenvalue weighted by Gasteiger charge is 2.24. The molecule has 3 aromatic carbocycles. The zero-order valence-corrected chi connectivity index (χ0v) is 15.8. The molecule has 1 N–H and O–H groups in total. The number of anilines is 1. The number of amides is 1. The van der Waals surface area contributed by atoms with Crippen molar-refractivity contribution >= 4 is 33.0 Å². The molecule has 0 aromatic heterocycles. The SMILES string of the molecule is Cc1ccc(S(=O)(=O)c2ccccc2C(=O)Nc2ccc(Cl)cc2F)cc1. The maximum atomic E-state index is 13.9. The first kappa shape index (κ1) is 19.1. The van der Waals surface area contributed by atoms with Crippen molar-refractivity contribution in [3.05, 3.63) is 88.7 Å². The number of halogens is 2. The van der Waals surface area contributed by atoms with E-state index in [0.29, 0.717) is 0 Å². The number of hydrogen-bond acceptors (Lipinski definition) is 3. The standard InChI is InChI=1S/C20H15ClFNO3S/c1-13-6-9-15(10-7-13)27(25,26)19-5-3-2-4-16(19)20(24)23-18-11-8-14(21)12-17(18)22/h2-12H,1H3,(H,23,24). The Hall–Kier alpha value is -2.70. The number of benzene rings is 3. The highest BCUT2D eigenvalue weighted by Crippen LogP contribution is 2.26. The Bertz CT molecular complexity index is 1110. The molecule has 0 atom stereocenters. The van der Waals surface area contributed by atoms with E-state index in [1.807, 2.05) is 6.92 Å². The molecule has 0 radical (unpaired) electrons. The average molecular weight is 404 g/mol. The topological polar surface area (TPSA) is 63.2 Å². The minimum absolute atomic E-state index is 0.0750. The van der Waals surface area contributed by atoms with E-state index in [9.17, 15) is 17.6 Å². The van der Waals surface area contributed by atoms with Crippen LogP contribution in [0.15, 0.2) is 76.5 Å². The lowest BCUT2D eigenvalue weighted by atomic mass is 10.2. The third kappa shape index (κ3) is 4.02. The molecule has 0 aliphatic carbocycles. The molecule has 0 spiro atoms. The summed E-state index contributed by atoms with van der Waals surface area (Å²) in [6.07, 6.45) is 0. The second-order valence-electron chi connectivity index (χ2n) is 5.89. The third-order valence-corrected chi connectivity index (χ3v) is 5.99. The summed E-state index contributed by atoms with van der Waals surface area (Å²) in [5, 5.41) is 2.58. The van der Waals surface area contributed by atoms with Crippen LogP contribution in [0.5, 0.6) is 0 Å². The predicted molar refractivity (Wildman–Crippen MR) is 102 cm³/mol. The number of carbonyl (C=O) groups excluding carboxylic acids is 1. The van der Waals surface area contributed by atoms with Crippen LogP contribution in [0.1, 0.15) is 15.9 Å². The van der Waals surface area contributed by atoms with Gasteiger partial charge < -0.3 is 5.32 Å². The van der Waals surface area contributed by atoms with Crippen molar-refractivity contribution in [3.63, 3.8) is 0 Å². The lowest BCUT2D eigenvalue weighted by Gasteiger charge is -2.12. The second kappa shape index (κ2) is 7.50. The van der Waals surface area contributed by atoms with Gasteiger partial charge in [-0.25, -0.2) is 12.8 Å². The molecule has 0 aliphatic heterocycles. The van der Waals surface area contributed by atoms with Gasteiger partial charge in [0.25, 0.3) is 5.91 Å². The molecule has 27 heavy (non-hydrogen) atoms. The molecule has 0 bridgehead atoms. The van der Waals surface area contributed by atoms with Crippen molar-refractivity contribution in [2.24, 2.45) is 0 Å². The molecule has 0 saturated carbocycles. The Morgan fingerprint density at radius 3 is 2.33 bits per heavy atom. The summed E-state index contributed by atoms with van der Waals surface area (Å²) in [4.78, 5) is 12.6. The van der Waals surface area contributed by atoms with Crippen molar-refractivity contribution in [2.75, 3.05) is 5.32 Å². The predicted octanol–water partition coefficient (Wildman–Crippen LogP) is 4.87. The Kier molecular flexibility index (Phi) is 5.30. The van der Waals surface area contributed by atoms with Gasteiger partial charge in [-0.2, -0.15) is 0 Å². The summed E-state index contributed by atoms with van der Waals surface area (Å²) in [5.41, 5.74) is 0.748. The Balaban J connectivity index is 2.00. The van der Waals surface area contributed by atoms with Crippen LogP contribution in [0.2, 0.25) is 5.02 Å². The molecule has 0 saturated heterocycles. The minimum atomic E-state index is -3.92. The first-order valence-electron chi connectivity index (χ1n) is 7.96. The van der Waals surface area contributed by atoms with Gasteiger partial charge in [-0.15, -0.1) is 0 Å². The Morgan fingerprint density at radius 1 is 1.00 bits per heavy atom. The van der Waals surface area contributed by atoms with Crippen LogP contribution >= 0.6 is 11.6 Å². The summed E-state index contributed by atoms with van der Waals surface area (Å²) < 4.78 is 39.9. The van der Waals surface area contributed by atoms with Crippen LogP contribution < -0.4 is 5.32 Å². The second-order valence-corrected chi connectivity index (χ2v) is 8.25. The molecule has 1 amide bonds. The van der Waals surface area contributed by atoms with E-state index in [1.54, 1.807) is 18.2 Å². The smallest absolute Gasteiger partial charge is 0.257 e. The van der Waals surface area contributed by atoms with Gasteiger partial charge in [-0.1, -0.05) is 41.4 Å². The first-order valence-corrected chi connectivity index (χ1v) is 9.82. The largest absolute Gasteiger partial charge is 0.319 e.